The smallest absolute Gasteiger partial charge is 0.268 e. The normalized spacial score (nSPS) is 15.7. The Morgan fingerprint density at radius 2 is 2.04 bits per heavy atom. The molecule has 1 aliphatic rings. The summed E-state index contributed by atoms with van der Waals surface area (Å²) < 4.78 is 0.623. The minimum atomic E-state index is -0.428. The molecule has 0 atom stereocenters. The average Bonchev–Trinajstić information content (AvgIpc) is 3.04. The molecule has 1 aromatic carbocycles. The lowest BCUT2D eigenvalue weighted by Crippen LogP contribution is -2.49. The van der Waals surface area contributed by atoms with E-state index in [2.05, 4.69) is 9.97 Å². The number of likely N-dealkylation sites (N-methyl/N-ethyl adjacent to an activating group) is 1. The fourth-order valence-corrected chi connectivity index (χ4v) is 4.30. The van der Waals surface area contributed by atoms with Crippen molar-refractivity contribution in [2.45, 2.75) is 31.2 Å². The number of hydrogen-bond acceptors (Lipinski definition) is 4. The molecular weight excluding hydrogens is 334 g/mol. The van der Waals surface area contributed by atoms with Crippen LogP contribution < -0.4 is 5.56 Å². The number of aromatic amines is 1. The fourth-order valence-electron chi connectivity index (χ4n) is 3.57. The summed E-state index contributed by atoms with van der Waals surface area (Å²) in [6.07, 6.45) is 2.80. The van der Waals surface area contributed by atoms with Gasteiger partial charge in [0.2, 0.25) is 5.91 Å². The number of nitrogens with zero attached hydrogens (tertiary/aromatic N) is 2. The van der Waals surface area contributed by atoms with Gasteiger partial charge in [-0.2, -0.15) is 0 Å². The second-order valence-corrected chi connectivity index (χ2v) is 7.53. The maximum absolute atomic E-state index is 13.2. The van der Waals surface area contributed by atoms with Crippen LogP contribution in [0.1, 0.15) is 30.7 Å². The first-order valence-corrected chi connectivity index (χ1v) is 9.26. The first-order chi connectivity index (χ1) is 12.1. The molecule has 6 heteroatoms. The van der Waals surface area contributed by atoms with Gasteiger partial charge in [0.15, 0.2) is 0 Å². The maximum Gasteiger partial charge on any atom is 0.268 e. The molecule has 0 aliphatic heterocycles. The number of hydrogen-bond donors (Lipinski definition) is 1. The summed E-state index contributed by atoms with van der Waals surface area (Å²) in [5.41, 5.74) is 1.19. The Morgan fingerprint density at radius 1 is 1.28 bits per heavy atom. The van der Waals surface area contributed by atoms with Crippen molar-refractivity contribution in [1.82, 2.24) is 14.9 Å². The van der Waals surface area contributed by atoms with Crippen LogP contribution in [0.15, 0.2) is 46.6 Å². The van der Waals surface area contributed by atoms with Crippen molar-refractivity contribution in [1.29, 1.82) is 0 Å². The zero-order chi connectivity index (χ0) is 17.4. The predicted octanol–water partition coefficient (Wildman–Crippen LogP) is 3.06. The SMILES string of the molecule is CN(Cc1nc2ccsc2c(=O)[nH]1)C(=O)C1(c2ccccc2)CCC1. The van der Waals surface area contributed by atoms with Crippen molar-refractivity contribution in [3.05, 3.63) is 63.5 Å². The van der Waals surface area contributed by atoms with Gasteiger partial charge in [-0.25, -0.2) is 4.98 Å². The number of carbonyl (C=O) groups excluding carboxylic acids is 1. The maximum atomic E-state index is 13.2. The summed E-state index contributed by atoms with van der Waals surface area (Å²) >= 11 is 1.38. The van der Waals surface area contributed by atoms with Crippen molar-refractivity contribution in [3.63, 3.8) is 0 Å². The first-order valence-electron chi connectivity index (χ1n) is 8.38. The highest BCUT2D eigenvalue weighted by atomic mass is 32.1. The molecule has 1 amide bonds. The Hall–Kier alpha value is -2.47. The number of benzene rings is 1. The first kappa shape index (κ1) is 16.0. The summed E-state index contributed by atoms with van der Waals surface area (Å²) in [7, 11) is 1.78. The summed E-state index contributed by atoms with van der Waals surface area (Å²) in [6.45, 7) is 0.300. The molecule has 128 valence electrons. The molecule has 2 aromatic heterocycles. The lowest BCUT2D eigenvalue weighted by atomic mass is 9.63. The molecule has 4 rings (SSSR count). The Morgan fingerprint density at radius 3 is 2.72 bits per heavy atom. The van der Waals surface area contributed by atoms with E-state index in [0.29, 0.717) is 22.6 Å². The highest BCUT2D eigenvalue weighted by Gasteiger charge is 2.46. The fraction of sp³-hybridized carbons (Fsp3) is 0.316. The van der Waals surface area contributed by atoms with Crippen molar-refractivity contribution in [3.8, 4) is 0 Å². The Kier molecular flexibility index (Phi) is 3.92. The molecule has 0 radical (unpaired) electrons. The Labute approximate surface area is 149 Å². The van der Waals surface area contributed by atoms with Gasteiger partial charge >= 0.3 is 0 Å². The second kappa shape index (κ2) is 6.11. The highest BCUT2D eigenvalue weighted by molar-refractivity contribution is 7.17. The summed E-state index contributed by atoms with van der Waals surface area (Å²) in [5, 5.41) is 1.85. The quantitative estimate of drug-likeness (QED) is 0.784. The summed E-state index contributed by atoms with van der Waals surface area (Å²) in [5.74, 6) is 0.618. The second-order valence-electron chi connectivity index (χ2n) is 6.61. The number of aromatic nitrogens is 2. The van der Waals surface area contributed by atoms with E-state index in [0.717, 1.165) is 24.8 Å². The Bertz CT molecular complexity index is 973. The van der Waals surface area contributed by atoms with Crippen LogP contribution in [0.5, 0.6) is 0 Å². The van der Waals surface area contributed by atoms with Gasteiger partial charge in [0.25, 0.3) is 5.56 Å². The number of fused-ring (bicyclic) bond motifs is 1. The lowest BCUT2D eigenvalue weighted by molar-refractivity contribution is -0.140. The third-order valence-corrected chi connectivity index (χ3v) is 5.94. The van der Waals surface area contributed by atoms with E-state index in [1.807, 2.05) is 41.8 Å². The predicted molar refractivity (Wildman–Crippen MR) is 98.7 cm³/mol. The summed E-state index contributed by atoms with van der Waals surface area (Å²) in [4.78, 5) is 34.2. The van der Waals surface area contributed by atoms with E-state index in [1.165, 1.54) is 11.3 Å². The van der Waals surface area contributed by atoms with E-state index in [1.54, 1.807) is 11.9 Å². The molecule has 1 N–H and O–H groups in total. The standard InChI is InChI=1S/C19H19N3O2S/c1-22(12-15-20-14-8-11-25-16(14)17(23)21-15)18(24)19(9-5-10-19)13-6-3-2-4-7-13/h2-4,6-8,11H,5,9-10,12H2,1H3,(H,20,21,23). The molecule has 1 aliphatic carbocycles. The number of thiophene rings is 1. The van der Waals surface area contributed by atoms with Gasteiger partial charge in [-0.05, 0) is 29.9 Å². The molecule has 0 unspecified atom stereocenters. The van der Waals surface area contributed by atoms with Crippen LogP contribution in [0.2, 0.25) is 0 Å². The monoisotopic (exact) mass is 353 g/mol. The van der Waals surface area contributed by atoms with Crippen LogP contribution in [0.25, 0.3) is 10.2 Å². The summed E-state index contributed by atoms with van der Waals surface area (Å²) in [6, 6.07) is 11.8. The molecule has 25 heavy (non-hydrogen) atoms. The van der Waals surface area contributed by atoms with Crippen LogP contribution in [0.3, 0.4) is 0 Å². The highest BCUT2D eigenvalue weighted by Crippen LogP contribution is 2.45. The van der Waals surface area contributed by atoms with Gasteiger partial charge in [-0.1, -0.05) is 36.8 Å². The zero-order valence-corrected chi connectivity index (χ0v) is 14.8. The molecule has 2 heterocycles. The molecule has 3 aromatic rings. The minimum absolute atomic E-state index is 0.0954. The van der Waals surface area contributed by atoms with Crippen LogP contribution in [-0.2, 0) is 16.8 Å². The molecular formula is C19H19N3O2S. The van der Waals surface area contributed by atoms with E-state index < -0.39 is 5.41 Å². The Balaban J connectivity index is 1.60. The molecule has 5 nitrogen and oxygen atoms in total. The average molecular weight is 353 g/mol. The van der Waals surface area contributed by atoms with Crippen LogP contribution in [0, 0.1) is 0 Å². The van der Waals surface area contributed by atoms with Gasteiger partial charge in [-0.3, -0.25) is 9.59 Å². The van der Waals surface area contributed by atoms with Crippen molar-refractivity contribution in [2.75, 3.05) is 7.05 Å². The third-order valence-electron chi connectivity index (χ3n) is 5.04. The van der Waals surface area contributed by atoms with Crippen molar-refractivity contribution >= 4 is 27.5 Å². The topological polar surface area (TPSA) is 66.1 Å². The van der Waals surface area contributed by atoms with Crippen LogP contribution in [-0.4, -0.2) is 27.8 Å². The number of H-pyrrole nitrogens is 1. The molecule has 0 spiro atoms. The zero-order valence-electron chi connectivity index (χ0n) is 14.0. The molecule has 0 bridgehead atoms. The molecule has 1 saturated carbocycles. The van der Waals surface area contributed by atoms with E-state index in [9.17, 15) is 9.59 Å². The van der Waals surface area contributed by atoms with Gasteiger partial charge in [0.05, 0.1) is 17.5 Å². The number of nitrogens with one attached hydrogen (secondary N) is 1. The third kappa shape index (κ3) is 2.66. The van der Waals surface area contributed by atoms with Crippen molar-refractivity contribution < 1.29 is 4.79 Å². The van der Waals surface area contributed by atoms with Crippen LogP contribution >= 0.6 is 11.3 Å². The van der Waals surface area contributed by atoms with E-state index in [-0.39, 0.29) is 11.5 Å². The number of amides is 1. The van der Waals surface area contributed by atoms with Crippen molar-refractivity contribution in [2.24, 2.45) is 0 Å². The van der Waals surface area contributed by atoms with Gasteiger partial charge in [0, 0.05) is 7.05 Å². The van der Waals surface area contributed by atoms with Crippen LogP contribution in [0.4, 0.5) is 0 Å². The lowest BCUT2D eigenvalue weighted by Gasteiger charge is -2.43. The van der Waals surface area contributed by atoms with Gasteiger partial charge in [-0.15, -0.1) is 11.3 Å². The number of carbonyl (C=O) groups is 1. The largest absolute Gasteiger partial charge is 0.338 e. The number of rotatable bonds is 4. The van der Waals surface area contributed by atoms with E-state index >= 15 is 0 Å². The van der Waals surface area contributed by atoms with Gasteiger partial charge < -0.3 is 9.88 Å². The molecule has 1 fully saturated rings. The minimum Gasteiger partial charge on any atom is -0.338 e. The van der Waals surface area contributed by atoms with E-state index in [4.69, 9.17) is 0 Å². The molecule has 0 saturated heterocycles. The van der Waals surface area contributed by atoms with Gasteiger partial charge in [0.1, 0.15) is 10.5 Å².